The van der Waals surface area contributed by atoms with Crippen molar-refractivity contribution in [1.29, 1.82) is 0 Å². The molecule has 1 N–H and O–H groups in total. The maximum Gasteiger partial charge on any atom is 0.330 e. The van der Waals surface area contributed by atoms with E-state index in [1.165, 1.54) is 22.3 Å². The van der Waals surface area contributed by atoms with Gasteiger partial charge in [-0.1, -0.05) is 62.5 Å². The molecule has 0 fully saturated rings. The van der Waals surface area contributed by atoms with E-state index in [2.05, 4.69) is 44.2 Å². The van der Waals surface area contributed by atoms with Crippen LogP contribution < -0.4 is 5.46 Å². The van der Waals surface area contributed by atoms with Crippen molar-refractivity contribution in [3.05, 3.63) is 53.1 Å². The molecular formula is C26H34BO3. The van der Waals surface area contributed by atoms with E-state index in [1.807, 2.05) is 19.9 Å². The lowest BCUT2D eigenvalue weighted by Gasteiger charge is -2.37. The highest BCUT2D eigenvalue weighted by Gasteiger charge is 2.42. The van der Waals surface area contributed by atoms with E-state index < -0.39 is 11.2 Å². The van der Waals surface area contributed by atoms with E-state index in [1.54, 1.807) is 21.3 Å². The fourth-order valence-corrected chi connectivity index (χ4v) is 4.55. The second kappa shape index (κ2) is 8.32. The first-order valence-electron chi connectivity index (χ1n) is 11.1. The molecule has 2 aromatic carbocycles. The van der Waals surface area contributed by atoms with Crippen molar-refractivity contribution in [2.75, 3.05) is 0 Å². The molecule has 0 bridgehead atoms. The van der Waals surface area contributed by atoms with Gasteiger partial charge in [-0.05, 0) is 68.9 Å². The van der Waals surface area contributed by atoms with E-state index in [-0.39, 0.29) is 5.41 Å². The number of carbonyl (C=O) groups excluding carboxylic acids is 1. The van der Waals surface area contributed by atoms with Crippen molar-refractivity contribution in [3.8, 4) is 11.1 Å². The fourth-order valence-electron chi connectivity index (χ4n) is 4.55. The van der Waals surface area contributed by atoms with Gasteiger partial charge >= 0.3 is 7.48 Å². The summed E-state index contributed by atoms with van der Waals surface area (Å²) in [5.74, 6) is 0. The van der Waals surface area contributed by atoms with Crippen LogP contribution in [0, 0.1) is 0 Å². The summed E-state index contributed by atoms with van der Waals surface area (Å²) in [6.07, 6.45) is 5.17. The Hall–Kier alpha value is -1.91. The zero-order valence-corrected chi connectivity index (χ0v) is 19.2. The van der Waals surface area contributed by atoms with Gasteiger partial charge in [-0.3, -0.25) is 4.79 Å². The second-order valence-corrected chi connectivity index (χ2v) is 9.62. The van der Waals surface area contributed by atoms with Gasteiger partial charge in [0.1, 0.15) is 6.29 Å². The summed E-state index contributed by atoms with van der Waals surface area (Å²) in [6, 6.07) is 12.6. The van der Waals surface area contributed by atoms with Gasteiger partial charge in [0.25, 0.3) is 0 Å². The third kappa shape index (κ3) is 3.88. The Labute approximate surface area is 182 Å². The normalized spacial score (nSPS) is 14.9. The summed E-state index contributed by atoms with van der Waals surface area (Å²) in [5, 5.41) is 10.4. The minimum absolute atomic E-state index is 0.0806. The maximum atomic E-state index is 11.5. The molecule has 4 heteroatoms. The molecule has 0 aromatic heterocycles. The molecule has 0 heterocycles. The highest BCUT2D eigenvalue weighted by atomic mass is 16.5. The van der Waals surface area contributed by atoms with Crippen molar-refractivity contribution in [2.45, 2.75) is 83.8 Å². The van der Waals surface area contributed by atoms with Crippen LogP contribution in [0.15, 0.2) is 36.4 Å². The van der Waals surface area contributed by atoms with Crippen LogP contribution in [0.25, 0.3) is 11.1 Å². The van der Waals surface area contributed by atoms with Crippen molar-refractivity contribution in [2.24, 2.45) is 0 Å². The molecule has 0 amide bonds. The SMILES string of the molecule is CCCC1(CCC)c2cc([B]OC(C)(C)C(C)(C)O)ccc2-c2ccc(C=O)cc21. The van der Waals surface area contributed by atoms with Gasteiger partial charge in [0.2, 0.25) is 0 Å². The molecule has 159 valence electrons. The molecule has 0 aliphatic heterocycles. The van der Waals surface area contributed by atoms with Crippen molar-refractivity contribution >= 4 is 19.2 Å². The van der Waals surface area contributed by atoms with E-state index in [4.69, 9.17) is 4.65 Å². The molecule has 3 nitrogen and oxygen atoms in total. The number of hydrogen-bond acceptors (Lipinski definition) is 3. The molecule has 1 aliphatic rings. The lowest BCUT2D eigenvalue weighted by Crippen LogP contribution is -2.49. The largest absolute Gasteiger partial charge is 0.427 e. The molecule has 3 rings (SSSR count). The number of aliphatic hydroxyl groups is 1. The predicted octanol–water partition coefficient (Wildman–Crippen LogP) is 5.18. The van der Waals surface area contributed by atoms with E-state index in [0.717, 1.165) is 43.0 Å². The van der Waals surface area contributed by atoms with Crippen LogP contribution >= 0.6 is 0 Å². The van der Waals surface area contributed by atoms with Crippen molar-refractivity contribution in [3.63, 3.8) is 0 Å². The van der Waals surface area contributed by atoms with Gasteiger partial charge in [-0.25, -0.2) is 0 Å². The average molecular weight is 405 g/mol. The van der Waals surface area contributed by atoms with E-state index >= 15 is 0 Å². The molecule has 2 aromatic rings. The third-order valence-electron chi connectivity index (χ3n) is 6.86. The zero-order valence-electron chi connectivity index (χ0n) is 19.2. The van der Waals surface area contributed by atoms with Crippen LogP contribution in [0.2, 0.25) is 0 Å². The molecule has 0 atom stereocenters. The lowest BCUT2D eigenvalue weighted by molar-refractivity contribution is -0.0893. The monoisotopic (exact) mass is 405 g/mol. The average Bonchev–Trinajstić information content (AvgIpc) is 2.95. The first-order chi connectivity index (χ1) is 14.1. The number of hydrogen-bond donors (Lipinski definition) is 1. The maximum absolute atomic E-state index is 11.5. The van der Waals surface area contributed by atoms with Crippen LogP contribution in [0.5, 0.6) is 0 Å². The Balaban J connectivity index is 2.06. The fraction of sp³-hybridized carbons (Fsp3) is 0.500. The molecule has 0 saturated carbocycles. The Morgan fingerprint density at radius 3 is 2.07 bits per heavy atom. The molecule has 0 spiro atoms. The van der Waals surface area contributed by atoms with Crippen LogP contribution in [0.3, 0.4) is 0 Å². The van der Waals surface area contributed by atoms with Crippen LogP contribution in [0.4, 0.5) is 0 Å². The van der Waals surface area contributed by atoms with Gasteiger partial charge in [-0.2, -0.15) is 0 Å². The summed E-state index contributed by atoms with van der Waals surface area (Å²) < 4.78 is 6.02. The first-order valence-corrected chi connectivity index (χ1v) is 11.1. The Morgan fingerprint density at radius 2 is 1.53 bits per heavy atom. The minimum atomic E-state index is -0.962. The number of benzene rings is 2. The molecule has 30 heavy (non-hydrogen) atoms. The topological polar surface area (TPSA) is 46.5 Å². The zero-order chi connectivity index (χ0) is 22.2. The van der Waals surface area contributed by atoms with Gasteiger partial charge in [0.05, 0.1) is 11.2 Å². The predicted molar refractivity (Wildman–Crippen MR) is 125 cm³/mol. The molecule has 0 unspecified atom stereocenters. The molecular weight excluding hydrogens is 371 g/mol. The molecule has 0 saturated heterocycles. The quantitative estimate of drug-likeness (QED) is 0.462. The van der Waals surface area contributed by atoms with Crippen molar-refractivity contribution < 1.29 is 14.6 Å². The smallest absolute Gasteiger partial charge is 0.330 e. The summed E-state index contributed by atoms with van der Waals surface area (Å²) in [7, 11) is 1.76. The first kappa shape index (κ1) is 22.8. The number of fused-ring (bicyclic) bond motifs is 3. The summed E-state index contributed by atoms with van der Waals surface area (Å²) in [6.45, 7) is 11.8. The Kier molecular flexibility index (Phi) is 6.31. The van der Waals surface area contributed by atoms with Gasteiger partial charge in [0, 0.05) is 11.0 Å². The van der Waals surface area contributed by atoms with Gasteiger partial charge in [0.15, 0.2) is 0 Å². The minimum Gasteiger partial charge on any atom is -0.427 e. The molecule has 1 aliphatic carbocycles. The summed E-state index contributed by atoms with van der Waals surface area (Å²) in [5.41, 5.74) is 5.07. The summed E-state index contributed by atoms with van der Waals surface area (Å²) in [4.78, 5) is 11.5. The Morgan fingerprint density at radius 1 is 0.967 bits per heavy atom. The van der Waals surface area contributed by atoms with Gasteiger partial charge in [-0.15, -0.1) is 0 Å². The lowest BCUT2D eigenvalue weighted by atomic mass is 9.70. The van der Waals surface area contributed by atoms with Gasteiger partial charge < -0.3 is 9.76 Å². The highest BCUT2D eigenvalue weighted by Crippen LogP contribution is 2.53. The number of carbonyl (C=O) groups is 1. The third-order valence-corrected chi connectivity index (χ3v) is 6.86. The highest BCUT2D eigenvalue weighted by molar-refractivity contribution is 6.47. The Bertz CT molecular complexity index is 918. The van der Waals surface area contributed by atoms with Crippen LogP contribution in [0.1, 0.15) is 88.7 Å². The molecule has 1 radical (unpaired) electrons. The van der Waals surface area contributed by atoms with Crippen LogP contribution in [-0.4, -0.2) is 30.1 Å². The van der Waals surface area contributed by atoms with E-state index in [9.17, 15) is 9.90 Å². The standard InChI is InChI=1S/C26H34BO3/c1-7-13-26(14-8-2)22-15-18(17-28)9-11-20(22)21-12-10-19(16-23(21)26)27-30-25(5,6)24(3,4)29/h9-12,15-17,29H,7-8,13-14H2,1-6H3. The van der Waals surface area contributed by atoms with Crippen LogP contribution in [-0.2, 0) is 10.1 Å². The van der Waals surface area contributed by atoms with Crippen molar-refractivity contribution in [1.82, 2.24) is 0 Å². The van der Waals surface area contributed by atoms with E-state index in [0.29, 0.717) is 0 Å². The number of rotatable bonds is 9. The number of aldehydes is 1. The second-order valence-electron chi connectivity index (χ2n) is 9.62. The summed E-state index contributed by atoms with van der Waals surface area (Å²) >= 11 is 0.